The van der Waals surface area contributed by atoms with Crippen molar-refractivity contribution in [3.8, 4) is 0 Å². The van der Waals surface area contributed by atoms with E-state index in [1.165, 1.54) is 24.6 Å². The van der Waals surface area contributed by atoms with E-state index in [-0.39, 0.29) is 11.5 Å². The van der Waals surface area contributed by atoms with Gasteiger partial charge in [0.15, 0.2) is 11.6 Å². The van der Waals surface area contributed by atoms with Gasteiger partial charge in [0.05, 0.1) is 0 Å². The molecule has 0 bridgehead atoms. The van der Waals surface area contributed by atoms with Crippen molar-refractivity contribution in [2.45, 2.75) is 19.8 Å². The van der Waals surface area contributed by atoms with Crippen LogP contribution in [0.25, 0.3) is 0 Å². The van der Waals surface area contributed by atoms with E-state index in [0.29, 0.717) is 13.1 Å². The van der Waals surface area contributed by atoms with Crippen molar-refractivity contribution in [2.24, 2.45) is 5.92 Å². The first-order valence-electron chi connectivity index (χ1n) is 10.4. The van der Waals surface area contributed by atoms with E-state index in [1.54, 1.807) is 4.90 Å². The predicted molar refractivity (Wildman–Crippen MR) is 112 cm³/mol. The summed E-state index contributed by atoms with van der Waals surface area (Å²) in [7, 11) is 0. The van der Waals surface area contributed by atoms with Gasteiger partial charge in [-0.1, -0.05) is 6.92 Å². The van der Waals surface area contributed by atoms with E-state index in [2.05, 4.69) is 41.0 Å². The van der Waals surface area contributed by atoms with Crippen molar-refractivity contribution in [2.75, 3.05) is 49.1 Å². The number of piperazine rings is 1. The van der Waals surface area contributed by atoms with Crippen LogP contribution in [0.15, 0.2) is 42.5 Å². The maximum Gasteiger partial charge on any atom is 0.254 e. The number of halogens is 2. The van der Waals surface area contributed by atoms with Crippen LogP contribution in [0, 0.1) is 17.6 Å². The standard InChI is InChI=1S/C23H27F2N3O/c1-17-8-10-26(11-9-17)19-3-5-20(6-4-19)27-12-14-28(15-13-27)23(29)18-2-7-21(24)22(25)16-18/h2-7,16-17H,8-15H2,1H3. The molecule has 2 aliphatic heterocycles. The molecule has 2 heterocycles. The van der Waals surface area contributed by atoms with Crippen molar-refractivity contribution >= 4 is 17.3 Å². The van der Waals surface area contributed by atoms with E-state index in [4.69, 9.17) is 0 Å². The fourth-order valence-corrected chi connectivity index (χ4v) is 4.12. The van der Waals surface area contributed by atoms with Gasteiger partial charge < -0.3 is 14.7 Å². The van der Waals surface area contributed by atoms with Crippen LogP contribution in [0.4, 0.5) is 20.2 Å². The van der Waals surface area contributed by atoms with Crippen molar-refractivity contribution < 1.29 is 13.6 Å². The highest BCUT2D eigenvalue weighted by Crippen LogP contribution is 2.26. The quantitative estimate of drug-likeness (QED) is 0.775. The minimum atomic E-state index is -0.988. The molecule has 0 saturated carbocycles. The average molecular weight is 399 g/mol. The second-order valence-corrected chi connectivity index (χ2v) is 8.09. The lowest BCUT2D eigenvalue weighted by Crippen LogP contribution is -2.48. The highest BCUT2D eigenvalue weighted by atomic mass is 19.2. The monoisotopic (exact) mass is 399 g/mol. The largest absolute Gasteiger partial charge is 0.372 e. The number of hydrogen-bond acceptors (Lipinski definition) is 3. The SMILES string of the molecule is CC1CCN(c2ccc(N3CCN(C(=O)c4ccc(F)c(F)c4)CC3)cc2)CC1. The number of carbonyl (C=O) groups is 1. The van der Waals surface area contributed by atoms with Crippen LogP contribution in [-0.4, -0.2) is 50.1 Å². The van der Waals surface area contributed by atoms with E-state index < -0.39 is 11.6 Å². The van der Waals surface area contributed by atoms with Gasteiger partial charge in [0, 0.05) is 56.2 Å². The lowest BCUT2D eigenvalue weighted by atomic mass is 9.99. The number of piperidine rings is 1. The number of anilines is 2. The Morgan fingerprint density at radius 2 is 1.34 bits per heavy atom. The number of amides is 1. The van der Waals surface area contributed by atoms with Gasteiger partial charge in [0.25, 0.3) is 5.91 Å². The smallest absolute Gasteiger partial charge is 0.254 e. The van der Waals surface area contributed by atoms with E-state index in [0.717, 1.165) is 49.9 Å². The molecule has 1 amide bonds. The number of rotatable bonds is 3. The topological polar surface area (TPSA) is 26.8 Å². The molecule has 2 aromatic rings. The van der Waals surface area contributed by atoms with Crippen molar-refractivity contribution in [3.63, 3.8) is 0 Å². The van der Waals surface area contributed by atoms with E-state index in [9.17, 15) is 13.6 Å². The van der Waals surface area contributed by atoms with Crippen LogP contribution >= 0.6 is 0 Å². The summed E-state index contributed by atoms with van der Waals surface area (Å²) in [6.07, 6.45) is 2.49. The maximum absolute atomic E-state index is 13.4. The Labute approximate surface area is 170 Å². The van der Waals surface area contributed by atoms with Gasteiger partial charge in [-0.05, 0) is 61.2 Å². The van der Waals surface area contributed by atoms with E-state index in [1.807, 2.05) is 0 Å². The molecule has 154 valence electrons. The van der Waals surface area contributed by atoms with Gasteiger partial charge in [-0.3, -0.25) is 4.79 Å². The van der Waals surface area contributed by atoms with Crippen LogP contribution < -0.4 is 9.80 Å². The summed E-state index contributed by atoms with van der Waals surface area (Å²) in [5, 5.41) is 0. The van der Waals surface area contributed by atoms with Gasteiger partial charge in [0.1, 0.15) is 0 Å². The molecule has 2 aromatic carbocycles. The fraction of sp³-hybridized carbons (Fsp3) is 0.435. The summed E-state index contributed by atoms with van der Waals surface area (Å²) >= 11 is 0. The first-order chi connectivity index (χ1) is 14.0. The lowest BCUT2D eigenvalue weighted by Gasteiger charge is -2.36. The first-order valence-corrected chi connectivity index (χ1v) is 10.4. The lowest BCUT2D eigenvalue weighted by molar-refractivity contribution is 0.0746. The Morgan fingerprint density at radius 1 is 0.793 bits per heavy atom. The van der Waals surface area contributed by atoms with Crippen LogP contribution in [0.5, 0.6) is 0 Å². The zero-order valence-electron chi connectivity index (χ0n) is 16.8. The Kier molecular flexibility index (Phi) is 5.69. The van der Waals surface area contributed by atoms with Crippen molar-refractivity contribution in [3.05, 3.63) is 59.7 Å². The number of carbonyl (C=O) groups excluding carboxylic acids is 1. The molecule has 0 radical (unpaired) electrons. The molecule has 0 aromatic heterocycles. The summed E-state index contributed by atoms with van der Waals surface area (Å²) in [5.74, 6) is -1.36. The molecular weight excluding hydrogens is 372 g/mol. The zero-order chi connectivity index (χ0) is 20.4. The minimum absolute atomic E-state index is 0.192. The third-order valence-electron chi connectivity index (χ3n) is 6.10. The van der Waals surface area contributed by atoms with Gasteiger partial charge in [-0.2, -0.15) is 0 Å². The highest BCUT2D eigenvalue weighted by Gasteiger charge is 2.23. The van der Waals surface area contributed by atoms with Crippen LogP contribution in [0.3, 0.4) is 0 Å². The molecule has 0 N–H and O–H groups in total. The summed E-state index contributed by atoms with van der Waals surface area (Å²) in [5.41, 5.74) is 2.62. The van der Waals surface area contributed by atoms with Crippen LogP contribution in [0.2, 0.25) is 0 Å². The minimum Gasteiger partial charge on any atom is -0.372 e. The van der Waals surface area contributed by atoms with Gasteiger partial charge in [0.2, 0.25) is 0 Å². The number of benzene rings is 2. The molecule has 6 heteroatoms. The second kappa shape index (κ2) is 8.39. The van der Waals surface area contributed by atoms with Crippen molar-refractivity contribution in [1.82, 2.24) is 4.90 Å². The molecule has 2 fully saturated rings. The summed E-state index contributed by atoms with van der Waals surface area (Å²) in [6.45, 7) is 7.10. The first kappa shape index (κ1) is 19.7. The molecule has 0 spiro atoms. The van der Waals surface area contributed by atoms with Gasteiger partial charge >= 0.3 is 0 Å². The zero-order valence-corrected chi connectivity index (χ0v) is 16.8. The Balaban J connectivity index is 1.34. The van der Waals surface area contributed by atoms with Crippen LogP contribution in [-0.2, 0) is 0 Å². The molecule has 2 aliphatic rings. The summed E-state index contributed by atoms with van der Waals surface area (Å²) < 4.78 is 26.5. The van der Waals surface area contributed by atoms with Gasteiger partial charge in [-0.25, -0.2) is 8.78 Å². The molecule has 0 atom stereocenters. The molecule has 4 rings (SSSR count). The normalized spacial score (nSPS) is 18.2. The number of nitrogens with zero attached hydrogens (tertiary/aromatic N) is 3. The maximum atomic E-state index is 13.4. The summed E-state index contributed by atoms with van der Waals surface area (Å²) in [4.78, 5) is 19.0. The number of hydrogen-bond donors (Lipinski definition) is 0. The molecule has 29 heavy (non-hydrogen) atoms. The third-order valence-corrected chi connectivity index (χ3v) is 6.10. The molecular formula is C23H27F2N3O. The molecule has 2 saturated heterocycles. The summed E-state index contributed by atoms with van der Waals surface area (Å²) in [6, 6.07) is 12.0. The Hall–Kier alpha value is -2.63. The van der Waals surface area contributed by atoms with E-state index >= 15 is 0 Å². The third kappa shape index (κ3) is 4.36. The molecule has 0 unspecified atom stereocenters. The van der Waals surface area contributed by atoms with Crippen LogP contribution in [0.1, 0.15) is 30.1 Å². The fourth-order valence-electron chi connectivity index (χ4n) is 4.12. The van der Waals surface area contributed by atoms with Gasteiger partial charge in [-0.15, -0.1) is 0 Å². The van der Waals surface area contributed by atoms with Crippen molar-refractivity contribution in [1.29, 1.82) is 0 Å². The Morgan fingerprint density at radius 3 is 1.90 bits per heavy atom. The average Bonchev–Trinajstić information content (AvgIpc) is 2.76. The predicted octanol–water partition coefficient (Wildman–Crippen LogP) is 4.16. The Bertz CT molecular complexity index is 855. The molecule has 0 aliphatic carbocycles. The molecule has 4 nitrogen and oxygen atoms in total. The second-order valence-electron chi connectivity index (χ2n) is 8.09. The highest BCUT2D eigenvalue weighted by molar-refractivity contribution is 5.94.